The lowest BCUT2D eigenvalue weighted by molar-refractivity contribution is 0.259. The van der Waals surface area contributed by atoms with Crippen molar-refractivity contribution in [3.8, 4) is 0 Å². The van der Waals surface area contributed by atoms with Gasteiger partial charge in [0.15, 0.2) is 0 Å². The van der Waals surface area contributed by atoms with Gasteiger partial charge in [-0.25, -0.2) is 4.98 Å². The summed E-state index contributed by atoms with van der Waals surface area (Å²) in [6.07, 6.45) is 6.82. The molecule has 0 radical (unpaired) electrons. The van der Waals surface area contributed by atoms with Crippen molar-refractivity contribution in [2.24, 2.45) is 0 Å². The molecular weight excluding hydrogens is 336 g/mol. The van der Waals surface area contributed by atoms with E-state index in [4.69, 9.17) is 4.98 Å². The number of aromatic nitrogens is 3. The van der Waals surface area contributed by atoms with E-state index in [-0.39, 0.29) is 0 Å². The minimum atomic E-state index is 0.887. The van der Waals surface area contributed by atoms with E-state index in [1.54, 1.807) is 0 Å². The van der Waals surface area contributed by atoms with Gasteiger partial charge in [-0.3, -0.25) is 9.88 Å². The molecular formula is C21H30N6. The van der Waals surface area contributed by atoms with Gasteiger partial charge < -0.3 is 9.80 Å². The van der Waals surface area contributed by atoms with Gasteiger partial charge in [-0.2, -0.15) is 4.98 Å². The zero-order valence-corrected chi connectivity index (χ0v) is 16.3. The number of aryl methyl sites for hydroxylation is 1. The predicted molar refractivity (Wildman–Crippen MR) is 109 cm³/mol. The SMILES string of the molecule is Cc1cccc(CCN2CCN(c3nccc(N4CCCCC4)n3)CC2)n1. The van der Waals surface area contributed by atoms with E-state index < -0.39 is 0 Å². The van der Waals surface area contributed by atoms with Crippen molar-refractivity contribution in [3.63, 3.8) is 0 Å². The Labute approximate surface area is 162 Å². The van der Waals surface area contributed by atoms with Crippen LogP contribution in [-0.2, 0) is 6.42 Å². The van der Waals surface area contributed by atoms with E-state index in [1.165, 1.54) is 25.0 Å². The summed E-state index contributed by atoms with van der Waals surface area (Å²) in [5.74, 6) is 1.98. The Morgan fingerprint density at radius 2 is 1.67 bits per heavy atom. The first-order valence-electron chi connectivity index (χ1n) is 10.3. The first kappa shape index (κ1) is 18.2. The minimum absolute atomic E-state index is 0.887. The molecule has 2 fully saturated rings. The van der Waals surface area contributed by atoms with E-state index >= 15 is 0 Å². The molecule has 27 heavy (non-hydrogen) atoms. The largest absolute Gasteiger partial charge is 0.356 e. The van der Waals surface area contributed by atoms with Crippen molar-refractivity contribution < 1.29 is 0 Å². The van der Waals surface area contributed by atoms with Gasteiger partial charge in [0.1, 0.15) is 5.82 Å². The highest BCUT2D eigenvalue weighted by molar-refractivity contribution is 5.44. The maximum absolute atomic E-state index is 4.86. The molecule has 0 spiro atoms. The Balaban J connectivity index is 1.30. The van der Waals surface area contributed by atoms with E-state index in [0.717, 1.165) is 69.7 Å². The first-order valence-corrected chi connectivity index (χ1v) is 10.3. The number of hydrogen-bond donors (Lipinski definition) is 0. The molecule has 2 aromatic rings. The molecule has 144 valence electrons. The third kappa shape index (κ3) is 4.75. The van der Waals surface area contributed by atoms with Crippen LogP contribution in [0.5, 0.6) is 0 Å². The second-order valence-electron chi connectivity index (χ2n) is 7.61. The molecule has 0 aliphatic carbocycles. The van der Waals surface area contributed by atoms with Crippen molar-refractivity contribution in [2.75, 3.05) is 55.6 Å². The standard InChI is InChI=1S/C21H30N6/c1-18-6-5-7-19(23-18)9-13-25-14-16-27(17-15-25)21-22-10-8-20(24-21)26-11-3-2-4-12-26/h5-8,10H,2-4,9,11-17H2,1H3. The lowest BCUT2D eigenvalue weighted by atomic mass is 10.1. The van der Waals surface area contributed by atoms with E-state index in [1.807, 2.05) is 6.20 Å². The van der Waals surface area contributed by atoms with Gasteiger partial charge in [0.2, 0.25) is 5.95 Å². The van der Waals surface area contributed by atoms with Gasteiger partial charge in [0.05, 0.1) is 0 Å². The topological polar surface area (TPSA) is 48.4 Å². The summed E-state index contributed by atoms with van der Waals surface area (Å²) in [6, 6.07) is 8.34. The fourth-order valence-electron chi connectivity index (χ4n) is 3.97. The molecule has 4 heterocycles. The van der Waals surface area contributed by atoms with Crippen molar-refractivity contribution in [3.05, 3.63) is 41.9 Å². The molecule has 6 nitrogen and oxygen atoms in total. The van der Waals surface area contributed by atoms with Crippen LogP contribution in [-0.4, -0.2) is 65.7 Å². The lowest BCUT2D eigenvalue weighted by Gasteiger charge is -2.35. The molecule has 0 atom stereocenters. The second kappa shape index (κ2) is 8.65. The molecule has 0 amide bonds. The molecule has 0 bridgehead atoms. The van der Waals surface area contributed by atoms with Crippen LogP contribution in [0.4, 0.5) is 11.8 Å². The van der Waals surface area contributed by atoms with Crippen LogP contribution in [0.1, 0.15) is 30.7 Å². The van der Waals surface area contributed by atoms with E-state index in [2.05, 4.69) is 55.9 Å². The average Bonchev–Trinajstić information content (AvgIpc) is 2.73. The molecule has 0 saturated carbocycles. The number of pyridine rings is 1. The van der Waals surface area contributed by atoms with Crippen LogP contribution < -0.4 is 9.80 Å². The Bertz CT molecular complexity index is 735. The second-order valence-corrected chi connectivity index (χ2v) is 7.61. The highest BCUT2D eigenvalue weighted by Gasteiger charge is 2.20. The average molecular weight is 367 g/mol. The molecule has 6 heteroatoms. The fraction of sp³-hybridized carbons (Fsp3) is 0.571. The molecule has 4 rings (SSSR count). The van der Waals surface area contributed by atoms with Gasteiger partial charge in [-0.05, 0) is 44.4 Å². The Kier molecular flexibility index (Phi) is 5.82. The molecule has 2 aliphatic rings. The summed E-state index contributed by atoms with van der Waals surface area (Å²) >= 11 is 0. The van der Waals surface area contributed by atoms with Crippen LogP contribution in [0.3, 0.4) is 0 Å². The van der Waals surface area contributed by atoms with Crippen molar-refractivity contribution >= 4 is 11.8 Å². The van der Waals surface area contributed by atoms with Gasteiger partial charge in [-0.1, -0.05) is 6.07 Å². The zero-order chi connectivity index (χ0) is 18.5. The van der Waals surface area contributed by atoms with E-state index in [0.29, 0.717) is 0 Å². The summed E-state index contributed by atoms with van der Waals surface area (Å²) < 4.78 is 0. The predicted octanol–water partition coefficient (Wildman–Crippen LogP) is 2.54. The summed E-state index contributed by atoms with van der Waals surface area (Å²) in [5.41, 5.74) is 2.29. The first-order chi connectivity index (χ1) is 13.3. The number of piperazine rings is 1. The number of nitrogens with zero attached hydrogens (tertiary/aromatic N) is 6. The van der Waals surface area contributed by atoms with Gasteiger partial charge >= 0.3 is 0 Å². The van der Waals surface area contributed by atoms with Gasteiger partial charge in [-0.15, -0.1) is 0 Å². The molecule has 2 aliphatic heterocycles. The van der Waals surface area contributed by atoms with Crippen molar-refractivity contribution in [2.45, 2.75) is 32.6 Å². The normalized spacial score (nSPS) is 18.7. The Morgan fingerprint density at radius 3 is 2.44 bits per heavy atom. The molecule has 2 aromatic heterocycles. The zero-order valence-electron chi connectivity index (χ0n) is 16.3. The monoisotopic (exact) mass is 366 g/mol. The van der Waals surface area contributed by atoms with Gasteiger partial charge in [0.25, 0.3) is 0 Å². The Morgan fingerprint density at radius 1 is 0.852 bits per heavy atom. The van der Waals surface area contributed by atoms with Gasteiger partial charge in [0, 0.05) is 69.8 Å². The minimum Gasteiger partial charge on any atom is -0.356 e. The molecule has 0 aromatic carbocycles. The summed E-state index contributed by atoms with van der Waals surface area (Å²) in [4.78, 5) is 21.3. The van der Waals surface area contributed by atoms with Crippen LogP contribution in [0.2, 0.25) is 0 Å². The van der Waals surface area contributed by atoms with Crippen LogP contribution in [0, 0.1) is 6.92 Å². The van der Waals surface area contributed by atoms with Crippen molar-refractivity contribution in [1.82, 2.24) is 19.9 Å². The number of piperidine rings is 1. The van der Waals surface area contributed by atoms with Crippen LogP contribution >= 0.6 is 0 Å². The molecule has 2 saturated heterocycles. The summed E-state index contributed by atoms with van der Waals surface area (Å²) in [5, 5.41) is 0. The fourth-order valence-corrected chi connectivity index (χ4v) is 3.97. The smallest absolute Gasteiger partial charge is 0.227 e. The maximum Gasteiger partial charge on any atom is 0.227 e. The van der Waals surface area contributed by atoms with Crippen LogP contribution in [0.15, 0.2) is 30.5 Å². The number of hydrogen-bond acceptors (Lipinski definition) is 6. The summed E-state index contributed by atoms with van der Waals surface area (Å²) in [7, 11) is 0. The number of anilines is 2. The summed E-state index contributed by atoms with van der Waals surface area (Å²) in [6.45, 7) is 9.47. The third-order valence-corrected chi connectivity index (χ3v) is 5.59. The highest BCUT2D eigenvalue weighted by atomic mass is 15.3. The Hall–Kier alpha value is -2.21. The number of rotatable bonds is 5. The van der Waals surface area contributed by atoms with Crippen molar-refractivity contribution in [1.29, 1.82) is 0 Å². The van der Waals surface area contributed by atoms with E-state index in [9.17, 15) is 0 Å². The molecule has 0 N–H and O–H groups in total. The lowest BCUT2D eigenvalue weighted by Crippen LogP contribution is -2.47. The molecule has 0 unspecified atom stereocenters. The maximum atomic E-state index is 4.86. The highest BCUT2D eigenvalue weighted by Crippen LogP contribution is 2.20. The third-order valence-electron chi connectivity index (χ3n) is 5.59. The van der Waals surface area contributed by atoms with Crippen LogP contribution in [0.25, 0.3) is 0 Å². The quantitative estimate of drug-likeness (QED) is 0.810.